The fraction of sp³-hybridized carbons (Fsp3) is 0.440. The third kappa shape index (κ3) is 5.35. The number of anilines is 1. The van der Waals surface area contributed by atoms with Crippen LogP contribution in [0.2, 0.25) is 0 Å². The summed E-state index contributed by atoms with van der Waals surface area (Å²) in [5.74, 6) is 0.315. The molecule has 0 bridgehead atoms. The van der Waals surface area contributed by atoms with Crippen LogP contribution in [0, 0.1) is 0 Å². The Labute approximate surface area is 193 Å². The van der Waals surface area contributed by atoms with E-state index in [0.717, 1.165) is 11.1 Å². The van der Waals surface area contributed by atoms with Gasteiger partial charge in [0.2, 0.25) is 11.8 Å². The Morgan fingerprint density at radius 1 is 1.18 bits per heavy atom. The first-order valence-electron chi connectivity index (χ1n) is 11.2. The first kappa shape index (κ1) is 23.2. The molecular formula is C25H30N2O6. The van der Waals surface area contributed by atoms with E-state index in [2.05, 4.69) is 10.6 Å². The molecule has 5 atom stereocenters. The molecule has 2 aliphatic heterocycles. The predicted octanol–water partition coefficient (Wildman–Crippen LogP) is 2.53. The number of aliphatic hydroxyl groups excluding tert-OH is 1. The first-order valence-corrected chi connectivity index (χ1v) is 11.2. The normalized spacial score (nSPS) is 24.2. The number of ether oxygens (including phenoxy) is 3. The van der Waals surface area contributed by atoms with Gasteiger partial charge in [0.05, 0.1) is 25.2 Å². The van der Waals surface area contributed by atoms with Crippen LogP contribution in [0.1, 0.15) is 42.9 Å². The number of hydrogen-bond donors (Lipinski definition) is 3. The summed E-state index contributed by atoms with van der Waals surface area (Å²) in [5, 5.41) is 15.8. The van der Waals surface area contributed by atoms with E-state index in [9.17, 15) is 14.7 Å². The van der Waals surface area contributed by atoms with Gasteiger partial charge >= 0.3 is 0 Å². The van der Waals surface area contributed by atoms with Gasteiger partial charge in [-0.15, -0.1) is 0 Å². The maximum Gasteiger partial charge on any atom is 0.250 e. The zero-order chi connectivity index (χ0) is 23.4. The van der Waals surface area contributed by atoms with Crippen molar-refractivity contribution < 1.29 is 28.9 Å². The number of benzene rings is 2. The van der Waals surface area contributed by atoms with Crippen molar-refractivity contribution in [2.24, 2.45) is 0 Å². The number of amides is 2. The summed E-state index contributed by atoms with van der Waals surface area (Å²) < 4.78 is 17.0. The lowest BCUT2D eigenvalue weighted by molar-refractivity contribution is -0.142. The highest BCUT2D eigenvalue weighted by molar-refractivity contribution is 5.92. The smallest absolute Gasteiger partial charge is 0.250 e. The van der Waals surface area contributed by atoms with Crippen molar-refractivity contribution in [2.45, 2.75) is 50.0 Å². The zero-order valence-corrected chi connectivity index (χ0v) is 18.8. The zero-order valence-electron chi connectivity index (χ0n) is 18.8. The number of aliphatic hydroxyl groups is 1. The van der Waals surface area contributed by atoms with E-state index < -0.39 is 6.10 Å². The maximum absolute atomic E-state index is 12.7. The molecule has 176 valence electrons. The van der Waals surface area contributed by atoms with Crippen LogP contribution < -0.4 is 15.4 Å². The van der Waals surface area contributed by atoms with Gasteiger partial charge in [-0.25, -0.2) is 0 Å². The van der Waals surface area contributed by atoms with Crippen LogP contribution in [0.5, 0.6) is 5.75 Å². The molecule has 0 saturated carbocycles. The Bertz CT molecular complexity index is 982. The van der Waals surface area contributed by atoms with Gasteiger partial charge in [0, 0.05) is 24.3 Å². The molecule has 2 heterocycles. The summed E-state index contributed by atoms with van der Waals surface area (Å²) in [4.78, 5) is 24.6. The summed E-state index contributed by atoms with van der Waals surface area (Å²) in [6.07, 6.45) is -0.454. The molecule has 0 radical (unpaired) electrons. The molecule has 2 aromatic carbocycles. The monoisotopic (exact) mass is 454 g/mol. The highest BCUT2D eigenvalue weighted by Crippen LogP contribution is 2.47. The first-order chi connectivity index (χ1) is 16.0. The minimum Gasteiger partial charge on any atom is -0.487 e. The van der Waals surface area contributed by atoms with Crippen molar-refractivity contribution in [1.82, 2.24) is 5.32 Å². The molecule has 4 rings (SSSR count). The van der Waals surface area contributed by atoms with Gasteiger partial charge in [0.25, 0.3) is 0 Å². The molecule has 0 spiro atoms. The molecule has 1 saturated heterocycles. The Morgan fingerprint density at radius 2 is 1.97 bits per heavy atom. The fourth-order valence-corrected chi connectivity index (χ4v) is 4.63. The van der Waals surface area contributed by atoms with Gasteiger partial charge in [-0.3, -0.25) is 9.59 Å². The molecule has 1 fully saturated rings. The van der Waals surface area contributed by atoms with Gasteiger partial charge in [-0.2, -0.15) is 0 Å². The average Bonchev–Trinajstić information content (AvgIpc) is 3.17. The molecular weight excluding hydrogens is 424 g/mol. The molecule has 8 nitrogen and oxygen atoms in total. The van der Waals surface area contributed by atoms with Gasteiger partial charge < -0.3 is 30.0 Å². The molecule has 3 N–H and O–H groups in total. The Morgan fingerprint density at radius 3 is 2.70 bits per heavy atom. The van der Waals surface area contributed by atoms with Gasteiger partial charge in [0.15, 0.2) is 0 Å². The second-order valence-corrected chi connectivity index (χ2v) is 8.54. The lowest BCUT2D eigenvalue weighted by Crippen LogP contribution is -2.47. The maximum atomic E-state index is 12.7. The average molecular weight is 455 g/mol. The third-order valence-corrected chi connectivity index (χ3v) is 6.15. The van der Waals surface area contributed by atoms with E-state index in [1.54, 1.807) is 6.07 Å². The van der Waals surface area contributed by atoms with E-state index in [1.807, 2.05) is 49.4 Å². The molecule has 0 aromatic heterocycles. The van der Waals surface area contributed by atoms with Gasteiger partial charge in [-0.05, 0) is 37.1 Å². The number of fused-ring (bicyclic) bond motifs is 3. The number of nitrogens with one attached hydrogen (secondary N) is 2. The highest BCUT2D eigenvalue weighted by Gasteiger charge is 2.46. The van der Waals surface area contributed by atoms with Crippen LogP contribution in [0.3, 0.4) is 0 Å². The molecule has 2 aromatic rings. The quantitative estimate of drug-likeness (QED) is 0.566. The van der Waals surface area contributed by atoms with Crippen LogP contribution in [0.25, 0.3) is 0 Å². The summed E-state index contributed by atoms with van der Waals surface area (Å²) in [5.41, 5.74) is 2.63. The second kappa shape index (κ2) is 10.3. The number of rotatable bonds is 8. The van der Waals surface area contributed by atoms with Gasteiger partial charge in [-0.1, -0.05) is 30.3 Å². The Balaban J connectivity index is 1.44. The minimum absolute atomic E-state index is 0.0291. The minimum atomic E-state index is -0.535. The summed E-state index contributed by atoms with van der Waals surface area (Å²) in [6, 6.07) is 15.1. The summed E-state index contributed by atoms with van der Waals surface area (Å²) in [6.45, 7) is 1.71. The van der Waals surface area contributed by atoms with Crippen molar-refractivity contribution in [2.75, 3.05) is 25.6 Å². The number of hydrogen-bond acceptors (Lipinski definition) is 6. The van der Waals surface area contributed by atoms with Crippen LogP contribution >= 0.6 is 0 Å². The van der Waals surface area contributed by atoms with Crippen LogP contribution in [-0.4, -0.2) is 55.6 Å². The topological polar surface area (TPSA) is 106 Å². The van der Waals surface area contributed by atoms with Crippen molar-refractivity contribution in [3.63, 3.8) is 0 Å². The standard InChI is InChI=1S/C25H30N2O6/c1-15(16-6-4-3-5-7-16)26-23(29)12-18-11-20-19-10-17(27-24(30)14-31-2)8-9-21(19)33-25(20)22(13-28)32-18/h3-10,15,18,20,22,25,28H,11-14H2,1-2H3,(H,26,29)(H,27,30)/t15-,18-,20-,22+,25+/m0/s1. The lowest BCUT2D eigenvalue weighted by atomic mass is 9.84. The SMILES string of the molecule is COCC(=O)Nc1ccc2c(c1)[C@@H]1C[C@@H](CC(=O)N[C@@H](C)c3ccccc3)O[C@H](CO)[C@@H]1O2. The Hall–Kier alpha value is -2.94. The molecule has 33 heavy (non-hydrogen) atoms. The fourth-order valence-electron chi connectivity index (χ4n) is 4.63. The summed E-state index contributed by atoms with van der Waals surface area (Å²) >= 11 is 0. The number of carbonyl (C=O) groups excluding carboxylic acids is 2. The molecule has 2 amide bonds. The van der Waals surface area contributed by atoms with Crippen molar-refractivity contribution in [1.29, 1.82) is 0 Å². The lowest BCUT2D eigenvalue weighted by Gasteiger charge is -2.37. The molecule has 0 unspecified atom stereocenters. The highest BCUT2D eigenvalue weighted by atomic mass is 16.6. The van der Waals surface area contributed by atoms with E-state index in [4.69, 9.17) is 14.2 Å². The van der Waals surface area contributed by atoms with E-state index >= 15 is 0 Å². The number of carbonyl (C=O) groups is 2. The number of methoxy groups -OCH3 is 1. The van der Waals surface area contributed by atoms with Gasteiger partial charge in [0.1, 0.15) is 24.6 Å². The Kier molecular flexibility index (Phi) is 7.27. The van der Waals surface area contributed by atoms with Crippen molar-refractivity contribution >= 4 is 17.5 Å². The molecule has 0 aliphatic carbocycles. The van der Waals surface area contributed by atoms with Crippen molar-refractivity contribution in [3.8, 4) is 5.75 Å². The third-order valence-electron chi connectivity index (χ3n) is 6.15. The van der Waals surface area contributed by atoms with Crippen LogP contribution in [-0.2, 0) is 19.1 Å². The van der Waals surface area contributed by atoms with E-state index in [0.29, 0.717) is 17.9 Å². The molecule has 8 heteroatoms. The second-order valence-electron chi connectivity index (χ2n) is 8.54. The largest absolute Gasteiger partial charge is 0.487 e. The molecule has 2 aliphatic rings. The van der Waals surface area contributed by atoms with Crippen molar-refractivity contribution in [3.05, 3.63) is 59.7 Å². The van der Waals surface area contributed by atoms with Crippen LogP contribution in [0.15, 0.2) is 48.5 Å². The van der Waals surface area contributed by atoms with E-state index in [-0.39, 0.29) is 55.6 Å². The van der Waals surface area contributed by atoms with Crippen LogP contribution in [0.4, 0.5) is 5.69 Å². The van der Waals surface area contributed by atoms with E-state index in [1.165, 1.54) is 7.11 Å². The summed E-state index contributed by atoms with van der Waals surface area (Å²) in [7, 11) is 1.47. The predicted molar refractivity (Wildman–Crippen MR) is 122 cm³/mol.